The Balaban J connectivity index is 1.49. The Labute approximate surface area is 217 Å². The van der Waals surface area contributed by atoms with E-state index in [0.717, 1.165) is 38.5 Å². The van der Waals surface area contributed by atoms with E-state index in [0.29, 0.717) is 29.5 Å². The van der Waals surface area contributed by atoms with Crippen LogP contribution in [0.25, 0.3) is 0 Å². The fourth-order valence-corrected chi connectivity index (χ4v) is 11.3. The molecule has 198 valence electrons. The van der Waals surface area contributed by atoms with Gasteiger partial charge >= 0.3 is 5.97 Å². The van der Waals surface area contributed by atoms with E-state index in [1.165, 1.54) is 29.7 Å². The molecule has 36 heavy (non-hydrogen) atoms. The van der Waals surface area contributed by atoms with E-state index in [1.807, 2.05) is 0 Å². The van der Waals surface area contributed by atoms with Gasteiger partial charge in [0.15, 0.2) is 0 Å². The van der Waals surface area contributed by atoms with E-state index in [4.69, 9.17) is 5.73 Å². The van der Waals surface area contributed by atoms with Crippen LogP contribution in [0, 0.1) is 51.2 Å². The van der Waals surface area contributed by atoms with Crippen molar-refractivity contribution in [1.82, 2.24) is 10.2 Å². The first-order valence-corrected chi connectivity index (χ1v) is 14.5. The molecule has 5 aliphatic carbocycles. The molecule has 0 aromatic carbocycles. The molecular formula is C31H47N3O2. The molecule has 9 unspecified atom stereocenters. The van der Waals surface area contributed by atoms with Gasteiger partial charge in [-0.05, 0) is 97.2 Å². The number of nitrogens with zero attached hydrogens (tertiary/aromatic N) is 1. The van der Waals surface area contributed by atoms with Crippen molar-refractivity contribution < 1.29 is 9.90 Å². The fraction of sp³-hybridized carbons (Fsp3) is 0.806. The Kier molecular flexibility index (Phi) is 4.91. The third-order valence-corrected chi connectivity index (χ3v) is 13.7. The lowest BCUT2D eigenvalue weighted by Gasteiger charge is -2.70. The van der Waals surface area contributed by atoms with E-state index < -0.39 is 11.4 Å². The lowest BCUT2D eigenvalue weighted by atomic mass is 9.33. The number of carbonyl (C=O) groups is 1. The van der Waals surface area contributed by atoms with Crippen LogP contribution in [0.5, 0.6) is 0 Å². The largest absolute Gasteiger partial charge is 0.481 e. The van der Waals surface area contributed by atoms with Crippen LogP contribution >= 0.6 is 0 Å². The zero-order valence-corrected chi connectivity index (χ0v) is 23.5. The molecule has 5 heteroatoms. The highest BCUT2D eigenvalue weighted by molar-refractivity contribution is 5.76. The summed E-state index contributed by atoms with van der Waals surface area (Å²) in [6, 6.07) is 0. The molecule has 9 atom stereocenters. The van der Waals surface area contributed by atoms with Gasteiger partial charge in [-0.1, -0.05) is 60.1 Å². The molecule has 0 saturated heterocycles. The molecule has 0 aliphatic heterocycles. The number of fused-ring (bicyclic) bond motifs is 8. The highest BCUT2D eigenvalue weighted by Gasteiger charge is 2.69. The van der Waals surface area contributed by atoms with E-state index in [9.17, 15) is 9.90 Å². The fourth-order valence-electron chi connectivity index (χ4n) is 11.3. The van der Waals surface area contributed by atoms with Gasteiger partial charge in [-0.2, -0.15) is 5.10 Å². The number of aromatic amines is 1. The van der Waals surface area contributed by atoms with Gasteiger partial charge in [0.1, 0.15) is 5.82 Å². The molecule has 5 nitrogen and oxygen atoms in total. The molecule has 0 amide bonds. The lowest BCUT2D eigenvalue weighted by Crippen LogP contribution is -2.65. The molecule has 5 aliphatic rings. The van der Waals surface area contributed by atoms with Crippen LogP contribution in [0.4, 0.5) is 5.82 Å². The zero-order valence-electron chi connectivity index (χ0n) is 23.5. The topological polar surface area (TPSA) is 92.0 Å². The summed E-state index contributed by atoms with van der Waals surface area (Å²) in [5.41, 5.74) is 10.2. The van der Waals surface area contributed by atoms with Crippen LogP contribution < -0.4 is 5.73 Å². The van der Waals surface area contributed by atoms with Gasteiger partial charge in [0.05, 0.1) is 5.41 Å². The van der Waals surface area contributed by atoms with Crippen LogP contribution in [-0.4, -0.2) is 21.3 Å². The summed E-state index contributed by atoms with van der Waals surface area (Å²) >= 11 is 0. The number of allylic oxidation sites excluding steroid dienone is 2. The van der Waals surface area contributed by atoms with E-state index >= 15 is 0 Å². The van der Waals surface area contributed by atoms with Gasteiger partial charge in [0, 0.05) is 16.7 Å². The van der Waals surface area contributed by atoms with Crippen molar-refractivity contribution in [3.8, 4) is 0 Å². The Morgan fingerprint density at radius 3 is 2.47 bits per heavy atom. The maximum Gasteiger partial charge on any atom is 0.310 e. The number of aliphatic carboxylic acids is 1. The van der Waals surface area contributed by atoms with Crippen molar-refractivity contribution in [3.05, 3.63) is 22.9 Å². The predicted molar refractivity (Wildman–Crippen MR) is 143 cm³/mol. The minimum atomic E-state index is -0.575. The Hall–Kier alpha value is -1.78. The average molecular weight is 494 g/mol. The third kappa shape index (κ3) is 2.63. The summed E-state index contributed by atoms with van der Waals surface area (Å²) in [5, 5.41) is 18.4. The second-order valence-corrected chi connectivity index (χ2v) is 15.0. The van der Waals surface area contributed by atoms with Gasteiger partial charge in [0.2, 0.25) is 0 Å². The van der Waals surface area contributed by atoms with Gasteiger partial charge in [-0.25, -0.2) is 0 Å². The average Bonchev–Trinajstić information content (AvgIpc) is 3.17. The third-order valence-electron chi connectivity index (χ3n) is 13.7. The van der Waals surface area contributed by atoms with Crippen molar-refractivity contribution in [2.45, 2.75) is 105 Å². The maximum atomic E-state index is 12.9. The first-order chi connectivity index (χ1) is 16.7. The highest BCUT2D eigenvalue weighted by atomic mass is 16.4. The van der Waals surface area contributed by atoms with Gasteiger partial charge in [0.25, 0.3) is 0 Å². The number of hydrogen-bond acceptors (Lipinski definition) is 3. The van der Waals surface area contributed by atoms with Gasteiger partial charge in [-0.15, -0.1) is 0 Å². The number of nitrogen functional groups attached to an aromatic ring is 1. The highest BCUT2D eigenvalue weighted by Crippen LogP contribution is 2.75. The number of rotatable bonds is 1. The molecule has 1 aromatic rings. The summed E-state index contributed by atoms with van der Waals surface area (Å²) in [7, 11) is 0. The minimum Gasteiger partial charge on any atom is -0.481 e. The second-order valence-electron chi connectivity index (χ2n) is 15.0. The number of nitrogens with two attached hydrogens (primary N) is 1. The molecule has 1 aromatic heterocycles. The summed E-state index contributed by atoms with van der Waals surface area (Å²) in [5.74, 6) is 2.41. The normalized spacial score (nSPS) is 49.0. The molecule has 3 fully saturated rings. The summed E-state index contributed by atoms with van der Waals surface area (Å²) < 4.78 is 0. The first-order valence-electron chi connectivity index (χ1n) is 14.5. The van der Waals surface area contributed by atoms with E-state index in [1.54, 1.807) is 0 Å². The van der Waals surface area contributed by atoms with Crippen molar-refractivity contribution >= 4 is 11.8 Å². The van der Waals surface area contributed by atoms with Crippen molar-refractivity contribution in [2.24, 2.45) is 51.2 Å². The molecule has 3 saturated carbocycles. The quantitative estimate of drug-likeness (QED) is 0.377. The molecule has 0 radical (unpaired) electrons. The molecule has 4 N–H and O–H groups in total. The molecule has 0 spiro atoms. The van der Waals surface area contributed by atoms with Gasteiger partial charge in [-0.3, -0.25) is 9.89 Å². The van der Waals surface area contributed by atoms with Crippen molar-refractivity contribution in [1.29, 1.82) is 0 Å². The van der Waals surface area contributed by atoms with Crippen LogP contribution in [-0.2, 0) is 16.6 Å². The van der Waals surface area contributed by atoms with Crippen molar-refractivity contribution in [3.63, 3.8) is 0 Å². The monoisotopic (exact) mass is 493 g/mol. The number of aromatic nitrogens is 2. The minimum absolute atomic E-state index is 0.0114. The Morgan fingerprint density at radius 2 is 1.78 bits per heavy atom. The number of H-pyrrole nitrogens is 1. The smallest absolute Gasteiger partial charge is 0.310 e. The molecule has 6 rings (SSSR count). The standard InChI is InChI=1S/C31H47N3O2/c1-17-10-13-31(26(35)36)15-14-29(6)20(23(31)18(17)2)8-9-22-28(5)16-19-24(33-34-25(19)32)27(3,4)21(28)11-12-30(22,29)7/h8,17-18,21-23H,9-16H2,1-7H3,(H,35,36)(H3,32,33,34). The number of anilines is 1. The SMILES string of the molecule is CC1CCC2(C(=O)O)CCC3(C)C(=CCC4C5(C)Cc6c(N)n[nH]c6C(C)(C)C5CCC43C)C2C1C. The van der Waals surface area contributed by atoms with Crippen LogP contribution in [0.15, 0.2) is 11.6 Å². The molecule has 1 heterocycles. The number of hydrogen-bond donors (Lipinski definition) is 3. The summed E-state index contributed by atoms with van der Waals surface area (Å²) in [6.45, 7) is 17.1. The Bertz CT molecular complexity index is 1150. The lowest BCUT2D eigenvalue weighted by molar-refractivity contribution is -0.179. The number of nitrogens with one attached hydrogen (secondary N) is 1. The predicted octanol–water partition coefficient (Wildman–Crippen LogP) is 6.75. The zero-order chi connectivity index (χ0) is 26.1. The second kappa shape index (κ2) is 7.20. The van der Waals surface area contributed by atoms with Crippen molar-refractivity contribution in [2.75, 3.05) is 5.73 Å². The number of carboxylic acid groups (broad SMARTS) is 1. The maximum absolute atomic E-state index is 12.9. The van der Waals surface area contributed by atoms with Crippen LogP contribution in [0.3, 0.4) is 0 Å². The van der Waals surface area contributed by atoms with E-state index in [-0.39, 0.29) is 27.6 Å². The van der Waals surface area contributed by atoms with Crippen LogP contribution in [0.2, 0.25) is 0 Å². The van der Waals surface area contributed by atoms with Gasteiger partial charge < -0.3 is 10.8 Å². The molecule has 0 bridgehead atoms. The first kappa shape index (κ1) is 24.6. The molecular weight excluding hydrogens is 446 g/mol. The van der Waals surface area contributed by atoms with Crippen LogP contribution in [0.1, 0.15) is 105 Å². The number of carboxylic acids is 1. The van der Waals surface area contributed by atoms with E-state index in [2.05, 4.69) is 64.7 Å². The summed E-state index contributed by atoms with van der Waals surface area (Å²) in [4.78, 5) is 12.9. The summed E-state index contributed by atoms with van der Waals surface area (Å²) in [6.07, 6.45) is 10.7. The Morgan fingerprint density at radius 1 is 1.06 bits per heavy atom.